The lowest BCUT2D eigenvalue weighted by Crippen LogP contribution is -2.34. The molecule has 21 heavy (non-hydrogen) atoms. The van der Waals surface area contributed by atoms with E-state index in [1.807, 2.05) is 0 Å². The zero-order valence-corrected chi connectivity index (χ0v) is 12.8. The monoisotopic (exact) mass is 313 g/mol. The molecular weight excluding hydrogens is 298 g/mol. The minimum atomic E-state index is -0.875. The highest BCUT2D eigenvalue weighted by atomic mass is 35.5. The summed E-state index contributed by atoms with van der Waals surface area (Å²) in [5.41, 5.74) is 0.211. The van der Waals surface area contributed by atoms with Crippen molar-refractivity contribution in [1.82, 2.24) is 4.90 Å². The maximum atomic E-state index is 12.1. The largest absolute Gasteiger partial charge is 0.486 e. The van der Waals surface area contributed by atoms with Gasteiger partial charge in [-0.25, -0.2) is 4.79 Å². The van der Waals surface area contributed by atoms with E-state index in [1.165, 1.54) is 24.0 Å². The second-order valence-corrected chi connectivity index (χ2v) is 5.17. The predicted octanol–water partition coefficient (Wildman–Crippen LogP) is 1.74. The van der Waals surface area contributed by atoms with Gasteiger partial charge in [0, 0.05) is 14.1 Å². The topological polar surface area (TPSA) is 65.1 Å². The van der Waals surface area contributed by atoms with Crippen LogP contribution in [0.3, 0.4) is 0 Å². The first kappa shape index (κ1) is 15.4. The van der Waals surface area contributed by atoms with Gasteiger partial charge in [0.1, 0.15) is 13.2 Å². The van der Waals surface area contributed by atoms with Gasteiger partial charge < -0.3 is 19.1 Å². The summed E-state index contributed by atoms with van der Waals surface area (Å²) in [4.78, 5) is 25.1. The normalized spacial score (nSPS) is 14.3. The summed E-state index contributed by atoms with van der Waals surface area (Å²) in [7, 11) is 3.18. The number of ether oxygens (including phenoxy) is 3. The molecular formula is C14H16ClNO5. The van der Waals surface area contributed by atoms with E-state index < -0.39 is 12.1 Å². The molecule has 1 aromatic carbocycles. The summed E-state index contributed by atoms with van der Waals surface area (Å²) in [6, 6.07) is 2.93. The van der Waals surface area contributed by atoms with Crippen molar-refractivity contribution < 1.29 is 23.8 Å². The van der Waals surface area contributed by atoms with Crippen LogP contribution in [0.15, 0.2) is 12.1 Å². The Hall–Kier alpha value is -1.95. The molecule has 0 radical (unpaired) electrons. The van der Waals surface area contributed by atoms with E-state index in [2.05, 4.69) is 0 Å². The van der Waals surface area contributed by atoms with Crippen molar-refractivity contribution in [2.24, 2.45) is 0 Å². The van der Waals surface area contributed by atoms with E-state index in [4.69, 9.17) is 25.8 Å². The molecule has 1 aromatic rings. The molecule has 0 saturated carbocycles. The fourth-order valence-electron chi connectivity index (χ4n) is 1.87. The van der Waals surface area contributed by atoms with Crippen LogP contribution >= 0.6 is 11.6 Å². The zero-order chi connectivity index (χ0) is 15.6. The molecule has 7 heteroatoms. The number of benzene rings is 1. The number of fused-ring (bicyclic) bond motifs is 1. The van der Waals surface area contributed by atoms with Crippen molar-refractivity contribution in [1.29, 1.82) is 0 Å². The molecule has 0 saturated heterocycles. The Labute approximate surface area is 127 Å². The highest BCUT2D eigenvalue weighted by molar-refractivity contribution is 6.32. The first-order valence-corrected chi connectivity index (χ1v) is 6.79. The van der Waals surface area contributed by atoms with E-state index in [9.17, 15) is 9.59 Å². The molecule has 0 aliphatic carbocycles. The van der Waals surface area contributed by atoms with Crippen molar-refractivity contribution in [2.45, 2.75) is 13.0 Å². The molecule has 1 atom stereocenters. The molecule has 6 nitrogen and oxygen atoms in total. The van der Waals surface area contributed by atoms with Gasteiger partial charge in [0.25, 0.3) is 5.91 Å². The summed E-state index contributed by atoms with van der Waals surface area (Å²) in [6.07, 6.45) is -0.875. The van der Waals surface area contributed by atoms with E-state index in [0.29, 0.717) is 24.7 Å². The van der Waals surface area contributed by atoms with Crippen molar-refractivity contribution in [3.8, 4) is 11.5 Å². The van der Waals surface area contributed by atoms with Gasteiger partial charge in [0.2, 0.25) is 0 Å². The van der Waals surface area contributed by atoms with Gasteiger partial charge in [0.15, 0.2) is 17.6 Å². The number of likely N-dealkylation sites (N-methyl/N-ethyl adjacent to an activating group) is 1. The highest BCUT2D eigenvalue weighted by Crippen LogP contribution is 2.38. The molecule has 1 amide bonds. The highest BCUT2D eigenvalue weighted by Gasteiger charge is 2.23. The van der Waals surface area contributed by atoms with Gasteiger partial charge in [-0.2, -0.15) is 0 Å². The molecule has 0 aromatic heterocycles. The van der Waals surface area contributed by atoms with Crippen molar-refractivity contribution in [2.75, 3.05) is 27.3 Å². The average molecular weight is 314 g/mol. The smallest absolute Gasteiger partial charge is 0.339 e. The number of nitrogens with zero attached hydrogens (tertiary/aromatic N) is 1. The zero-order valence-electron chi connectivity index (χ0n) is 12.0. The quantitative estimate of drug-likeness (QED) is 0.795. The second kappa shape index (κ2) is 6.22. The maximum Gasteiger partial charge on any atom is 0.339 e. The molecule has 0 N–H and O–H groups in total. The van der Waals surface area contributed by atoms with E-state index in [0.717, 1.165) is 0 Å². The van der Waals surface area contributed by atoms with Gasteiger partial charge in [-0.3, -0.25) is 4.79 Å². The summed E-state index contributed by atoms with van der Waals surface area (Å²) in [6.45, 7) is 2.31. The molecule has 1 aliphatic rings. The van der Waals surface area contributed by atoms with E-state index in [-0.39, 0.29) is 16.5 Å². The lowest BCUT2D eigenvalue weighted by atomic mass is 10.2. The SMILES string of the molecule is C[C@@H](OC(=O)c1cc(Cl)c2c(c1)OCCO2)C(=O)N(C)C. The van der Waals surface area contributed by atoms with E-state index >= 15 is 0 Å². The summed E-state index contributed by atoms with van der Waals surface area (Å²) in [5.74, 6) is -0.132. The molecule has 0 unspecified atom stereocenters. The van der Waals surface area contributed by atoms with Crippen molar-refractivity contribution in [3.63, 3.8) is 0 Å². The molecule has 0 bridgehead atoms. The number of carbonyl (C=O) groups is 2. The Bertz CT molecular complexity index is 573. The molecule has 1 aliphatic heterocycles. The Kier molecular flexibility index (Phi) is 4.57. The minimum absolute atomic E-state index is 0.211. The Morgan fingerprint density at radius 3 is 2.62 bits per heavy atom. The van der Waals surface area contributed by atoms with Crippen LogP contribution in [0.1, 0.15) is 17.3 Å². The van der Waals surface area contributed by atoms with Crippen LogP contribution in [0, 0.1) is 0 Å². The number of rotatable bonds is 3. The number of halogens is 1. The van der Waals surface area contributed by atoms with Gasteiger partial charge in [-0.1, -0.05) is 11.6 Å². The van der Waals surface area contributed by atoms with Crippen LogP contribution < -0.4 is 9.47 Å². The van der Waals surface area contributed by atoms with Crippen molar-refractivity contribution in [3.05, 3.63) is 22.7 Å². The van der Waals surface area contributed by atoms with Crippen LogP contribution in [0.25, 0.3) is 0 Å². The van der Waals surface area contributed by atoms with Gasteiger partial charge in [-0.05, 0) is 19.1 Å². The van der Waals surface area contributed by atoms with E-state index in [1.54, 1.807) is 14.1 Å². The van der Waals surface area contributed by atoms with Crippen molar-refractivity contribution >= 4 is 23.5 Å². The molecule has 2 rings (SSSR count). The number of amides is 1. The Balaban J connectivity index is 2.16. The fourth-order valence-corrected chi connectivity index (χ4v) is 2.14. The lowest BCUT2D eigenvalue weighted by Gasteiger charge is -2.21. The van der Waals surface area contributed by atoms with Crippen LogP contribution in [-0.2, 0) is 9.53 Å². The third-order valence-electron chi connectivity index (χ3n) is 2.90. The van der Waals surface area contributed by atoms with Crippen LogP contribution in [0.2, 0.25) is 5.02 Å². The van der Waals surface area contributed by atoms with Gasteiger partial charge >= 0.3 is 5.97 Å². The maximum absolute atomic E-state index is 12.1. The standard InChI is InChI=1S/C14H16ClNO5/c1-8(13(17)16(2)3)21-14(18)9-6-10(15)12-11(7-9)19-4-5-20-12/h6-8H,4-5H2,1-3H3/t8-/m1/s1. The molecule has 114 valence electrons. The third-order valence-corrected chi connectivity index (χ3v) is 3.19. The van der Waals surface area contributed by atoms with Crippen LogP contribution in [0.5, 0.6) is 11.5 Å². The fraction of sp³-hybridized carbons (Fsp3) is 0.429. The number of carbonyl (C=O) groups excluding carboxylic acids is 2. The van der Waals surface area contributed by atoms with Gasteiger partial charge in [0.05, 0.1) is 10.6 Å². The average Bonchev–Trinajstić information content (AvgIpc) is 2.46. The summed E-state index contributed by atoms with van der Waals surface area (Å²) in [5, 5.41) is 0.269. The molecule has 0 spiro atoms. The van der Waals surface area contributed by atoms with Crippen LogP contribution in [-0.4, -0.2) is 50.2 Å². The molecule has 1 heterocycles. The first-order chi connectivity index (χ1) is 9.90. The number of hydrogen-bond donors (Lipinski definition) is 0. The first-order valence-electron chi connectivity index (χ1n) is 6.41. The Morgan fingerprint density at radius 1 is 1.29 bits per heavy atom. The third kappa shape index (κ3) is 3.39. The number of esters is 1. The number of hydrogen-bond acceptors (Lipinski definition) is 5. The minimum Gasteiger partial charge on any atom is -0.486 e. The Morgan fingerprint density at radius 2 is 1.95 bits per heavy atom. The predicted molar refractivity (Wildman–Crippen MR) is 76.0 cm³/mol. The summed E-state index contributed by atoms with van der Waals surface area (Å²) < 4.78 is 15.9. The summed E-state index contributed by atoms with van der Waals surface area (Å²) >= 11 is 6.05. The van der Waals surface area contributed by atoms with Crippen LogP contribution in [0.4, 0.5) is 0 Å². The van der Waals surface area contributed by atoms with Gasteiger partial charge in [-0.15, -0.1) is 0 Å². The molecule has 0 fully saturated rings. The lowest BCUT2D eigenvalue weighted by molar-refractivity contribution is -0.137. The second-order valence-electron chi connectivity index (χ2n) is 4.76.